The second-order valence-electron chi connectivity index (χ2n) is 11.9. The van der Waals surface area contributed by atoms with Crippen LogP contribution in [-0.4, -0.2) is 88.9 Å². The van der Waals surface area contributed by atoms with Crippen LogP contribution in [0.3, 0.4) is 0 Å². The van der Waals surface area contributed by atoms with E-state index in [4.69, 9.17) is 26.6 Å². The summed E-state index contributed by atoms with van der Waals surface area (Å²) in [4.78, 5) is 42.0. The van der Waals surface area contributed by atoms with Gasteiger partial charge >= 0.3 is 12.0 Å². The average molecular weight is 672 g/mol. The number of nitrogens with zero attached hydrogens (tertiary/aromatic N) is 6. The van der Waals surface area contributed by atoms with Gasteiger partial charge in [0, 0.05) is 66.1 Å². The maximum absolute atomic E-state index is 14.0. The van der Waals surface area contributed by atoms with Crippen LogP contribution in [0.4, 0.5) is 9.18 Å². The highest BCUT2D eigenvalue weighted by atomic mass is 35.5. The minimum atomic E-state index is -0.856. The number of piperazine rings is 1. The summed E-state index contributed by atoms with van der Waals surface area (Å²) in [6, 6.07) is 12.1. The number of benzene rings is 2. The number of ether oxygens (including phenoxy) is 1. The molecule has 0 radical (unpaired) electrons. The number of hydrogen-bond acceptors (Lipinski definition) is 9. The third-order valence-corrected chi connectivity index (χ3v) is 9.55. The maximum Gasteiger partial charge on any atom is 0.338 e. The Balaban J connectivity index is 1.25. The molecule has 1 N–H and O–H groups in total. The van der Waals surface area contributed by atoms with Gasteiger partial charge in [0.25, 0.3) is 0 Å². The number of methoxy groups -OCH3 is 1. The molecule has 2 atom stereocenters. The average Bonchev–Trinajstić information content (AvgIpc) is 3.72. The molecule has 3 aliphatic rings. The molecule has 240 valence electrons. The number of amidine groups is 1. The van der Waals surface area contributed by atoms with Crippen LogP contribution in [0.25, 0.3) is 0 Å². The van der Waals surface area contributed by atoms with Crippen molar-refractivity contribution in [2.75, 3.05) is 39.8 Å². The summed E-state index contributed by atoms with van der Waals surface area (Å²) in [7, 11) is 1.31. The van der Waals surface area contributed by atoms with E-state index >= 15 is 0 Å². The Bertz CT molecular complexity index is 1880. The number of aromatic nitrogens is 1. The van der Waals surface area contributed by atoms with Crippen molar-refractivity contribution < 1.29 is 18.7 Å². The summed E-state index contributed by atoms with van der Waals surface area (Å²) in [6.45, 7) is 6.31. The first kappa shape index (κ1) is 32.2. The normalized spacial score (nSPS) is 19.7. The Morgan fingerprint density at radius 2 is 1.96 bits per heavy atom. The monoisotopic (exact) mass is 671 g/mol. The van der Waals surface area contributed by atoms with Crippen molar-refractivity contribution >= 4 is 40.8 Å². The second-order valence-corrected chi connectivity index (χ2v) is 13.2. The van der Waals surface area contributed by atoms with Gasteiger partial charge in [0.15, 0.2) is 10.8 Å². The lowest BCUT2D eigenvalue weighted by atomic mass is 9.95. The van der Waals surface area contributed by atoms with Crippen molar-refractivity contribution in [3.63, 3.8) is 0 Å². The molecular formula is C34H31ClFN7O3S. The molecular weight excluding hydrogens is 641 g/mol. The fourth-order valence-electron chi connectivity index (χ4n) is 5.99. The number of amides is 2. The van der Waals surface area contributed by atoms with E-state index in [9.17, 15) is 14.0 Å². The molecule has 0 spiro atoms. The van der Waals surface area contributed by atoms with Crippen LogP contribution in [-0.2, 0) is 9.53 Å². The third kappa shape index (κ3) is 6.58. The van der Waals surface area contributed by atoms with Gasteiger partial charge < -0.3 is 19.9 Å². The van der Waals surface area contributed by atoms with Gasteiger partial charge in [-0.2, -0.15) is 5.26 Å². The summed E-state index contributed by atoms with van der Waals surface area (Å²) < 4.78 is 19.2. The number of halogens is 2. The molecule has 10 nitrogen and oxygen atoms in total. The summed E-state index contributed by atoms with van der Waals surface area (Å²) in [6.07, 6.45) is 1.67. The molecule has 3 aromatic rings. The van der Waals surface area contributed by atoms with E-state index in [0.717, 1.165) is 5.56 Å². The van der Waals surface area contributed by atoms with Gasteiger partial charge in [-0.05, 0) is 50.2 Å². The Labute approximate surface area is 281 Å². The molecule has 0 aliphatic carbocycles. The minimum absolute atomic E-state index is 0.0664. The third-order valence-electron chi connectivity index (χ3n) is 8.44. The zero-order valence-corrected chi connectivity index (χ0v) is 27.5. The first-order valence-corrected chi connectivity index (χ1v) is 16.2. The van der Waals surface area contributed by atoms with E-state index in [-0.39, 0.29) is 22.7 Å². The molecule has 3 aliphatic heterocycles. The lowest BCUT2D eigenvalue weighted by Crippen LogP contribution is -2.53. The fraction of sp³-hybridized carbons (Fsp3) is 0.324. The molecule has 2 unspecified atom stereocenters. The van der Waals surface area contributed by atoms with E-state index in [1.54, 1.807) is 35.4 Å². The first-order chi connectivity index (χ1) is 22.6. The topological polar surface area (TPSA) is 114 Å². The van der Waals surface area contributed by atoms with Gasteiger partial charge in [-0.1, -0.05) is 29.5 Å². The van der Waals surface area contributed by atoms with Crippen LogP contribution in [0.1, 0.15) is 41.6 Å². The lowest BCUT2D eigenvalue weighted by Gasteiger charge is -2.38. The van der Waals surface area contributed by atoms with Crippen LogP contribution in [0, 0.1) is 29.0 Å². The van der Waals surface area contributed by atoms with Gasteiger partial charge in [-0.15, -0.1) is 11.3 Å². The Morgan fingerprint density at radius 1 is 1.19 bits per heavy atom. The number of nitrogens with one attached hydrogen (secondary N) is 1. The molecule has 2 saturated heterocycles. The van der Waals surface area contributed by atoms with Crippen molar-refractivity contribution in [3.05, 3.63) is 97.8 Å². The number of urea groups is 1. The Kier molecular flexibility index (Phi) is 9.02. The number of rotatable bonds is 6. The van der Waals surface area contributed by atoms with Gasteiger partial charge in [-0.25, -0.2) is 19.0 Å². The molecule has 6 rings (SSSR count). The van der Waals surface area contributed by atoms with Gasteiger partial charge in [0.2, 0.25) is 0 Å². The number of carbonyl (C=O) groups is 2. The standard InChI is InChI=1S/C34H31ClFN7O3S/c1-34(2,11-10-21-4-6-22(17-37)7-5-21)43-19-24-18-41(13-14-42(24)33(43)45)20-27-28(32(44)46-3)29(25-9-8-23(36)16-26(25)35)40-30(39-27)31-38-12-15-47-31/h4-9,12,15-16,24,29H,13-14,18-20H2,1-3H3,(H,39,40). The zero-order chi connectivity index (χ0) is 33.3. The number of nitriles is 1. The molecule has 2 fully saturated rings. The molecule has 2 aromatic carbocycles. The van der Waals surface area contributed by atoms with E-state index in [1.807, 2.05) is 24.1 Å². The quantitative estimate of drug-likeness (QED) is 0.302. The highest BCUT2D eigenvalue weighted by Crippen LogP contribution is 2.37. The maximum atomic E-state index is 14.0. The summed E-state index contributed by atoms with van der Waals surface area (Å²) in [5.41, 5.74) is 1.90. The summed E-state index contributed by atoms with van der Waals surface area (Å²) in [5, 5.41) is 15.0. The van der Waals surface area contributed by atoms with Crippen LogP contribution in [0.2, 0.25) is 5.02 Å². The van der Waals surface area contributed by atoms with Crippen LogP contribution in [0.15, 0.2) is 70.3 Å². The fourth-order valence-corrected chi connectivity index (χ4v) is 6.85. The number of carbonyl (C=O) groups excluding carboxylic acids is 2. The second kappa shape index (κ2) is 13.2. The molecule has 2 amide bonds. The van der Waals surface area contributed by atoms with Crippen molar-refractivity contribution in [3.8, 4) is 17.9 Å². The SMILES string of the molecule is COC(=O)C1=C(CN2CCN3C(=O)N(C(C)(C)C#Cc4ccc(C#N)cc4)CC3C2)NC(c2nccs2)=NC1c1ccc(F)cc1Cl. The minimum Gasteiger partial charge on any atom is -0.466 e. The van der Waals surface area contributed by atoms with Crippen LogP contribution in [0.5, 0.6) is 0 Å². The number of esters is 1. The predicted octanol–water partition coefficient (Wildman–Crippen LogP) is 4.58. The number of aliphatic imine (C=N–C) groups is 1. The smallest absolute Gasteiger partial charge is 0.338 e. The molecule has 47 heavy (non-hydrogen) atoms. The molecule has 13 heteroatoms. The number of hydrogen-bond donors (Lipinski definition) is 1. The van der Waals surface area contributed by atoms with Crippen molar-refractivity contribution in [1.82, 2.24) is 25.0 Å². The highest BCUT2D eigenvalue weighted by Gasteiger charge is 2.46. The predicted molar refractivity (Wildman–Crippen MR) is 176 cm³/mol. The summed E-state index contributed by atoms with van der Waals surface area (Å²) >= 11 is 7.88. The molecule has 0 bridgehead atoms. The van der Waals surface area contributed by atoms with E-state index < -0.39 is 23.4 Å². The Morgan fingerprint density at radius 3 is 2.64 bits per heavy atom. The van der Waals surface area contributed by atoms with E-state index in [0.29, 0.717) is 60.4 Å². The zero-order valence-electron chi connectivity index (χ0n) is 26.0. The van der Waals surface area contributed by atoms with Crippen molar-refractivity contribution in [1.29, 1.82) is 5.26 Å². The van der Waals surface area contributed by atoms with Gasteiger partial charge in [0.05, 0.1) is 30.4 Å². The van der Waals surface area contributed by atoms with E-state index in [2.05, 4.69) is 33.1 Å². The highest BCUT2D eigenvalue weighted by molar-refractivity contribution is 7.11. The lowest BCUT2D eigenvalue weighted by molar-refractivity contribution is -0.136. The van der Waals surface area contributed by atoms with Crippen molar-refractivity contribution in [2.45, 2.75) is 31.5 Å². The number of thiazole rings is 1. The molecule has 0 saturated carbocycles. The Hall–Kier alpha value is -4.75. The number of fused-ring (bicyclic) bond motifs is 1. The van der Waals surface area contributed by atoms with Gasteiger partial charge in [-0.3, -0.25) is 9.89 Å². The van der Waals surface area contributed by atoms with Gasteiger partial charge in [0.1, 0.15) is 17.4 Å². The largest absolute Gasteiger partial charge is 0.466 e. The summed E-state index contributed by atoms with van der Waals surface area (Å²) in [5.74, 6) is 5.80. The van der Waals surface area contributed by atoms with E-state index in [1.165, 1.54) is 36.6 Å². The molecule has 4 heterocycles. The van der Waals surface area contributed by atoms with Crippen LogP contribution >= 0.6 is 22.9 Å². The van der Waals surface area contributed by atoms with Crippen molar-refractivity contribution in [2.24, 2.45) is 4.99 Å². The molecule has 1 aromatic heterocycles. The van der Waals surface area contributed by atoms with Crippen LogP contribution < -0.4 is 5.32 Å². The first-order valence-electron chi connectivity index (χ1n) is 14.9.